The first-order chi connectivity index (χ1) is 7.65. The number of aromatic nitrogens is 2. The largest absolute Gasteiger partial charge is 0.369 e. The molecule has 1 N–H and O–H groups in total. The summed E-state index contributed by atoms with van der Waals surface area (Å²) in [5.41, 5.74) is 0. The third-order valence-electron chi connectivity index (χ3n) is 2.35. The van der Waals surface area contributed by atoms with E-state index in [1.54, 1.807) is 13.1 Å². The topological polar surface area (TPSA) is 56.1 Å². The normalized spacial score (nSPS) is 12.4. The number of carbonyl (C=O) groups is 1. The Morgan fingerprint density at radius 1 is 1.69 bits per heavy atom. The zero-order valence-electron chi connectivity index (χ0n) is 10.1. The molecule has 0 saturated heterocycles. The first kappa shape index (κ1) is 12.7. The number of ether oxygens (including phenoxy) is 1. The molecule has 5 heteroatoms. The molecule has 0 aromatic carbocycles. The summed E-state index contributed by atoms with van der Waals surface area (Å²) in [5, 5.41) is 2.82. The Labute approximate surface area is 95.8 Å². The fourth-order valence-electron chi connectivity index (χ4n) is 1.40. The van der Waals surface area contributed by atoms with Gasteiger partial charge in [-0.05, 0) is 13.8 Å². The summed E-state index contributed by atoms with van der Waals surface area (Å²) < 4.78 is 7.12. The van der Waals surface area contributed by atoms with Gasteiger partial charge in [0.25, 0.3) is 0 Å². The molecule has 16 heavy (non-hydrogen) atoms. The van der Waals surface area contributed by atoms with Crippen LogP contribution in [0.5, 0.6) is 0 Å². The molecule has 0 spiro atoms. The second kappa shape index (κ2) is 6.27. The molecular formula is C11H19N3O2. The van der Waals surface area contributed by atoms with Crippen molar-refractivity contribution in [2.45, 2.75) is 26.4 Å². The molecule has 0 fully saturated rings. The molecule has 1 amide bonds. The molecule has 0 aliphatic heterocycles. The van der Waals surface area contributed by atoms with Crippen LogP contribution in [0.25, 0.3) is 0 Å². The van der Waals surface area contributed by atoms with E-state index in [4.69, 9.17) is 4.74 Å². The highest BCUT2D eigenvalue weighted by molar-refractivity contribution is 5.80. The highest BCUT2D eigenvalue weighted by Crippen LogP contribution is 1.95. The monoisotopic (exact) mass is 225 g/mol. The predicted molar refractivity (Wildman–Crippen MR) is 61.0 cm³/mol. The van der Waals surface area contributed by atoms with Crippen LogP contribution in [-0.4, -0.2) is 34.7 Å². The Morgan fingerprint density at radius 3 is 3.00 bits per heavy atom. The summed E-state index contributed by atoms with van der Waals surface area (Å²) in [7, 11) is 1.94. The Hall–Kier alpha value is -1.36. The number of imidazole rings is 1. The minimum absolute atomic E-state index is 0.0731. The van der Waals surface area contributed by atoms with Gasteiger partial charge in [0, 0.05) is 39.0 Å². The van der Waals surface area contributed by atoms with Crippen molar-refractivity contribution >= 4 is 5.91 Å². The van der Waals surface area contributed by atoms with Crippen LogP contribution in [0.3, 0.4) is 0 Å². The zero-order chi connectivity index (χ0) is 12.0. The zero-order valence-corrected chi connectivity index (χ0v) is 10.1. The van der Waals surface area contributed by atoms with E-state index < -0.39 is 0 Å². The molecule has 5 nitrogen and oxygen atoms in total. The van der Waals surface area contributed by atoms with Crippen LogP contribution in [0.4, 0.5) is 0 Å². The van der Waals surface area contributed by atoms with Crippen molar-refractivity contribution in [2.24, 2.45) is 7.05 Å². The Morgan fingerprint density at radius 2 is 2.44 bits per heavy atom. The molecule has 1 rings (SSSR count). The van der Waals surface area contributed by atoms with E-state index in [9.17, 15) is 4.79 Å². The van der Waals surface area contributed by atoms with E-state index in [2.05, 4.69) is 10.3 Å². The summed E-state index contributed by atoms with van der Waals surface area (Å²) in [6.07, 6.45) is 3.99. The van der Waals surface area contributed by atoms with Crippen LogP contribution in [-0.2, 0) is 23.0 Å². The van der Waals surface area contributed by atoms with E-state index >= 15 is 0 Å². The fraction of sp³-hybridized carbons (Fsp3) is 0.636. The van der Waals surface area contributed by atoms with Crippen LogP contribution < -0.4 is 5.32 Å². The second-order valence-electron chi connectivity index (χ2n) is 3.59. The molecule has 1 atom stereocenters. The van der Waals surface area contributed by atoms with Crippen molar-refractivity contribution in [3.8, 4) is 0 Å². The summed E-state index contributed by atoms with van der Waals surface area (Å²) in [6, 6.07) is 0. The highest BCUT2D eigenvalue weighted by Gasteiger charge is 2.11. The number of nitrogens with one attached hydrogen (secondary N) is 1. The van der Waals surface area contributed by atoms with Gasteiger partial charge >= 0.3 is 0 Å². The molecule has 90 valence electrons. The molecule has 0 aliphatic carbocycles. The fourth-order valence-corrected chi connectivity index (χ4v) is 1.40. The van der Waals surface area contributed by atoms with Crippen LogP contribution >= 0.6 is 0 Å². The number of carbonyl (C=O) groups excluding carboxylic acids is 1. The molecule has 1 heterocycles. The van der Waals surface area contributed by atoms with Gasteiger partial charge in [-0.25, -0.2) is 4.98 Å². The van der Waals surface area contributed by atoms with Gasteiger partial charge in [0.05, 0.1) is 0 Å². The van der Waals surface area contributed by atoms with Gasteiger partial charge in [-0.2, -0.15) is 0 Å². The highest BCUT2D eigenvalue weighted by atomic mass is 16.5. The van der Waals surface area contributed by atoms with E-state index in [0.29, 0.717) is 13.2 Å². The molecule has 0 radical (unpaired) electrons. The second-order valence-corrected chi connectivity index (χ2v) is 3.59. The third-order valence-corrected chi connectivity index (χ3v) is 2.35. The maximum Gasteiger partial charge on any atom is 0.248 e. The van der Waals surface area contributed by atoms with E-state index in [1.165, 1.54) is 0 Å². The van der Waals surface area contributed by atoms with Crippen LogP contribution in [0.2, 0.25) is 0 Å². The maximum atomic E-state index is 11.5. The van der Waals surface area contributed by atoms with E-state index in [-0.39, 0.29) is 12.0 Å². The summed E-state index contributed by atoms with van der Waals surface area (Å²) in [4.78, 5) is 15.7. The van der Waals surface area contributed by atoms with E-state index in [1.807, 2.05) is 24.7 Å². The van der Waals surface area contributed by atoms with Crippen molar-refractivity contribution in [3.05, 3.63) is 18.2 Å². The lowest BCUT2D eigenvalue weighted by Crippen LogP contribution is -2.35. The number of rotatable bonds is 6. The van der Waals surface area contributed by atoms with Crippen molar-refractivity contribution in [1.82, 2.24) is 14.9 Å². The van der Waals surface area contributed by atoms with Crippen molar-refractivity contribution in [2.75, 3.05) is 13.2 Å². The van der Waals surface area contributed by atoms with Crippen LogP contribution in [0.1, 0.15) is 19.7 Å². The van der Waals surface area contributed by atoms with Gasteiger partial charge in [-0.3, -0.25) is 4.79 Å². The molecule has 0 bridgehead atoms. The summed E-state index contributed by atoms with van der Waals surface area (Å²) >= 11 is 0. The van der Waals surface area contributed by atoms with Gasteiger partial charge in [0.2, 0.25) is 5.91 Å². The quantitative estimate of drug-likeness (QED) is 0.767. The number of amides is 1. The standard InChI is InChI=1S/C11H19N3O2/c1-4-16-9(2)11(15)13-6-5-10-12-7-8-14(10)3/h7-9H,4-6H2,1-3H3,(H,13,15). The van der Waals surface area contributed by atoms with E-state index in [0.717, 1.165) is 12.2 Å². The van der Waals surface area contributed by atoms with Crippen LogP contribution in [0.15, 0.2) is 12.4 Å². The average Bonchev–Trinajstić information content (AvgIpc) is 2.65. The van der Waals surface area contributed by atoms with Gasteiger partial charge < -0.3 is 14.6 Å². The maximum absolute atomic E-state index is 11.5. The molecular weight excluding hydrogens is 206 g/mol. The SMILES string of the molecule is CCOC(C)C(=O)NCCc1nccn1C. The average molecular weight is 225 g/mol. The lowest BCUT2D eigenvalue weighted by atomic mass is 10.3. The van der Waals surface area contributed by atoms with Crippen molar-refractivity contribution in [3.63, 3.8) is 0 Å². The Balaban J connectivity index is 2.25. The molecule has 1 aromatic rings. The molecule has 0 aliphatic rings. The number of aryl methyl sites for hydroxylation is 1. The summed E-state index contributed by atoms with van der Waals surface area (Å²) in [5.74, 6) is 0.889. The lowest BCUT2D eigenvalue weighted by Gasteiger charge is -2.11. The number of nitrogens with zero attached hydrogens (tertiary/aromatic N) is 2. The van der Waals surface area contributed by atoms with Gasteiger partial charge in [-0.1, -0.05) is 0 Å². The van der Waals surface area contributed by atoms with Gasteiger partial charge in [0.15, 0.2) is 0 Å². The summed E-state index contributed by atoms with van der Waals surface area (Å²) in [6.45, 7) is 4.76. The first-order valence-electron chi connectivity index (χ1n) is 5.50. The number of hydrogen-bond donors (Lipinski definition) is 1. The lowest BCUT2D eigenvalue weighted by molar-refractivity contribution is -0.131. The minimum atomic E-state index is -0.383. The minimum Gasteiger partial charge on any atom is -0.369 e. The van der Waals surface area contributed by atoms with Gasteiger partial charge in [0.1, 0.15) is 11.9 Å². The molecule has 0 saturated carbocycles. The van der Waals surface area contributed by atoms with Gasteiger partial charge in [-0.15, -0.1) is 0 Å². The first-order valence-corrected chi connectivity index (χ1v) is 5.50. The Kier molecular flexibility index (Phi) is 4.98. The Bertz CT molecular complexity index is 336. The number of hydrogen-bond acceptors (Lipinski definition) is 3. The predicted octanol–water partition coefficient (Wildman–Crippen LogP) is 0.504. The van der Waals surface area contributed by atoms with Crippen LogP contribution in [0, 0.1) is 0 Å². The smallest absolute Gasteiger partial charge is 0.248 e. The van der Waals surface area contributed by atoms with Crippen molar-refractivity contribution < 1.29 is 9.53 Å². The molecule has 1 aromatic heterocycles. The van der Waals surface area contributed by atoms with Crippen molar-refractivity contribution in [1.29, 1.82) is 0 Å². The molecule has 1 unspecified atom stereocenters. The third kappa shape index (κ3) is 3.66.